The molecule has 0 aliphatic carbocycles. The number of halogens is 3. The van der Waals surface area contributed by atoms with Gasteiger partial charge in [-0.15, -0.1) is 11.8 Å². The van der Waals surface area contributed by atoms with Gasteiger partial charge in [0.15, 0.2) is 6.04 Å². The molecule has 1 atom stereocenters. The number of alkyl halides is 3. The van der Waals surface area contributed by atoms with Crippen molar-refractivity contribution in [3.05, 3.63) is 70.3 Å². The lowest BCUT2D eigenvalue weighted by atomic mass is 9.99. The van der Waals surface area contributed by atoms with Crippen LogP contribution < -0.4 is 5.84 Å². The molecular weight excluding hydrogens is 439 g/mol. The number of amides is 1. The van der Waals surface area contributed by atoms with Crippen LogP contribution in [0.3, 0.4) is 0 Å². The molecule has 1 aromatic heterocycles. The molecule has 4 rings (SSSR count). The minimum absolute atomic E-state index is 0.105. The van der Waals surface area contributed by atoms with Gasteiger partial charge in [0.1, 0.15) is 0 Å². The minimum atomic E-state index is -4.51. The van der Waals surface area contributed by atoms with E-state index in [1.807, 2.05) is 10.8 Å². The van der Waals surface area contributed by atoms with E-state index in [4.69, 9.17) is 5.84 Å². The molecule has 1 amide bonds. The van der Waals surface area contributed by atoms with E-state index in [9.17, 15) is 18.0 Å². The molecule has 0 saturated heterocycles. The highest BCUT2D eigenvalue weighted by Crippen LogP contribution is 2.45. The lowest BCUT2D eigenvalue weighted by molar-refractivity contribution is -0.138. The van der Waals surface area contributed by atoms with Gasteiger partial charge in [-0.1, -0.05) is 6.58 Å². The highest BCUT2D eigenvalue weighted by molar-refractivity contribution is 8.01. The lowest BCUT2D eigenvalue weighted by Crippen LogP contribution is -2.42. The average Bonchev–Trinajstić information content (AvgIpc) is 3.42. The number of benzene rings is 1. The molecule has 32 heavy (non-hydrogen) atoms. The molecule has 6 nitrogen and oxygen atoms in total. The van der Waals surface area contributed by atoms with Gasteiger partial charge in [-0.25, -0.2) is 10.8 Å². The number of rotatable bonds is 5. The maximum atomic E-state index is 13.8. The number of carbonyl (C=O) groups is 1. The van der Waals surface area contributed by atoms with Crippen LogP contribution in [0.5, 0.6) is 0 Å². The van der Waals surface area contributed by atoms with Gasteiger partial charge < -0.3 is 9.47 Å². The number of nitrogens with two attached hydrogens (primary N) is 1. The van der Waals surface area contributed by atoms with Crippen molar-refractivity contribution < 1.29 is 18.0 Å². The van der Waals surface area contributed by atoms with E-state index in [1.54, 1.807) is 29.6 Å². The summed E-state index contributed by atoms with van der Waals surface area (Å²) in [5.41, 5.74) is 2.06. The number of nitrogens with zero attached hydrogens (tertiary/aromatic N) is 4. The Hall–Kier alpha value is -2.72. The molecular formula is C22H24F3N5OS. The summed E-state index contributed by atoms with van der Waals surface area (Å²) in [7, 11) is 0. The molecule has 0 saturated carbocycles. The van der Waals surface area contributed by atoms with Gasteiger partial charge in [-0.3, -0.25) is 9.80 Å². The largest absolute Gasteiger partial charge is 0.416 e. The zero-order valence-corrected chi connectivity index (χ0v) is 18.6. The number of fused-ring (bicyclic) bond motifs is 2. The summed E-state index contributed by atoms with van der Waals surface area (Å²) >= 11 is 1.38. The summed E-state index contributed by atoms with van der Waals surface area (Å²) in [6, 6.07) is 1.83. The summed E-state index contributed by atoms with van der Waals surface area (Å²) in [6.07, 6.45) is 2.09. The predicted octanol–water partition coefficient (Wildman–Crippen LogP) is 4.22. The van der Waals surface area contributed by atoms with Crippen LogP contribution in [0.1, 0.15) is 46.1 Å². The molecule has 3 heterocycles. The first-order valence-electron chi connectivity index (χ1n) is 10.1. The smallest absolute Gasteiger partial charge is 0.350 e. The number of aryl methyl sites for hydroxylation is 2. The second-order valence-electron chi connectivity index (χ2n) is 7.95. The topological polar surface area (TPSA) is 67.4 Å². The lowest BCUT2D eigenvalue weighted by Gasteiger charge is -2.31. The first-order chi connectivity index (χ1) is 15.1. The first-order valence-corrected chi connectivity index (χ1v) is 11.4. The molecule has 2 aromatic rings. The summed E-state index contributed by atoms with van der Waals surface area (Å²) in [5, 5.41) is 2.62. The zero-order valence-electron chi connectivity index (χ0n) is 17.8. The SMILES string of the molecule is C=C1c2cc(C)cc(C(F)(F)F)c2CN1C(C(=O)N(N)/C=C\SC)c1ncn2c1CCC2. The van der Waals surface area contributed by atoms with E-state index in [-0.39, 0.29) is 12.1 Å². The van der Waals surface area contributed by atoms with Crippen molar-refractivity contribution in [3.8, 4) is 0 Å². The Kier molecular flexibility index (Phi) is 5.85. The van der Waals surface area contributed by atoms with E-state index in [0.29, 0.717) is 22.5 Å². The van der Waals surface area contributed by atoms with Crippen molar-refractivity contribution in [2.45, 2.75) is 45.1 Å². The van der Waals surface area contributed by atoms with Gasteiger partial charge in [0.25, 0.3) is 5.91 Å². The summed E-state index contributed by atoms with van der Waals surface area (Å²) in [5.74, 6) is 5.53. The molecule has 10 heteroatoms. The Morgan fingerprint density at radius 3 is 2.84 bits per heavy atom. The van der Waals surface area contributed by atoms with Gasteiger partial charge in [0, 0.05) is 36.2 Å². The fourth-order valence-corrected chi connectivity index (χ4v) is 4.69. The zero-order chi connectivity index (χ0) is 23.2. The molecule has 170 valence electrons. The summed E-state index contributed by atoms with van der Waals surface area (Å²) in [4.78, 5) is 19.5. The van der Waals surface area contributed by atoms with Crippen LogP contribution in [-0.4, -0.2) is 31.6 Å². The Morgan fingerprint density at radius 1 is 1.41 bits per heavy atom. The highest BCUT2D eigenvalue weighted by atomic mass is 32.2. The van der Waals surface area contributed by atoms with Gasteiger partial charge in [0.05, 0.1) is 17.6 Å². The van der Waals surface area contributed by atoms with Crippen LogP contribution in [0.4, 0.5) is 13.2 Å². The van der Waals surface area contributed by atoms with Crippen LogP contribution in [0.25, 0.3) is 5.70 Å². The van der Waals surface area contributed by atoms with E-state index in [0.717, 1.165) is 36.2 Å². The molecule has 2 aliphatic rings. The number of imidazole rings is 1. The third kappa shape index (κ3) is 3.81. The van der Waals surface area contributed by atoms with Crippen molar-refractivity contribution in [3.63, 3.8) is 0 Å². The van der Waals surface area contributed by atoms with Crippen molar-refractivity contribution >= 4 is 23.4 Å². The van der Waals surface area contributed by atoms with Crippen LogP contribution in [0, 0.1) is 6.92 Å². The molecule has 0 spiro atoms. The van der Waals surface area contributed by atoms with Gasteiger partial charge >= 0.3 is 6.18 Å². The highest BCUT2D eigenvalue weighted by Gasteiger charge is 2.43. The molecule has 0 fully saturated rings. The van der Waals surface area contributed by atoms with Gasteiger partial charge in [0.2, 0.25) is 0 Å². The quantitative estimate of drug-likeness (QED) is 0.409. The number of hydrazine groups is 1. The van der Waals surface area contributed by atoms with Crippen LogP contribution in [0.15, 0.2) is 36.6 Å². The predicted molar refractivity (Wildman–Crippen MR) is 118 cm³/mol. The van der Waals surface area contributed by atoms with E-state index in [1.165, 1.54) is 18.0 Å². The molecule has 0 radical (unpaired) electrons. The van der Waals surface area contributed by atoms with E-state index >= 15 is 0 Å². The Morgan fingerprint density at radius 2 is 2.16 bits per heavy atom. The normalized spacial score (nSPS) is 16.6. The molecule has 2 aliphatic heterocycles. The number of carbonyl (C=O) groups excluding carboxylic acids is 1. The number of hydrogen-bond acceptors (Lipinski definition) is 5. The molecule has 1 aromatic carbocycles. The third-order valence-corrected chi connectivity index (χ3v) is 6.29. The number of hydrogen-bond donors (Lipinski definition) is 1. The molecule has 2 N–H and O–H groups in total. The first kappa shape index (κ1) is 22.5. The second kappa shape index (κ2) is 8.32. The van der Waals surface area contributed by atoms with Crippen LogP contribution in [0.2, 0.25) is 0 Å². The van der Waals surface area contributed by atoms with E-state index in [2.05, 4.69) is 11.6 Å². The maximum Gasteiger partial charge on any atom is 0.416 e. The van der Waals surface area contributed by atoms with Crippen molar-refractivity contribution in [2.24, 2.45) is 5.84 Å². The number of thioether (sulfide) groups is 1. The Bertz CT molecular complexity index is 1110. The Balaban J connectivity index is 1.81. The fourth-order valence-electron chi connectivity index (χ4n) is 4.44. The molecule has 0 bridgehead atoms. The van der Waals surface area contributed by atoms with Crippen molar-refractivity contribution in [1.29, 1.82) is 0 Å². The average molecular weight is 464 g/mol. The second-order valence-corrected chi connectivity index (χ2v) is 8.70. The van der Waals surface area contributed by atoms with Crippen molar-refractivity contribution in [1.82, 2.24) is 19.5 Å². The van der Waals surface area contributed by atoms with Gasteiger partial charge in [-0.05, 0) is 54.7 Å². The van der Waals surface area contributed by atoms with Crippen LogP contribution >= 0.6 is 11.8 Å². The standard InChI is InChI=1S/C22H24F3N5OS/c1-13-9-15-14(2)29(11-16(15)17(10-13)22(23,24)25)20(21(31)30(26)7-8-32-3)19-18-5-4-6-28(18)12-27-19/h7-10,12,20H,2,4-6,11,26H2,1,3H3/b8-7-. The summed E-state index contributed by atoms with van der Waals surface area (Å²) < 4.78 is 43.3. The van der Waals surface area contributed by atoms with Crippen LogP contribution in [-0.2, 0) is 30.5 Å². The minimum Gasteiger partial charge on any atom is -0.350 e. The maximum absolute atomic E-state index is 13.8. The van der Waals surface area contributed by atoms with Gasteiger partial charge in [-0.2, -0.15) is 13.2 Å². The van der Waals surface area contributed by atoms with E-state index < -0.39 is 23.7 Å². The van der Waals surface area contributed by atoms with Crippen molar-refractivity contribution in [2.75, 3.05) is 6.26 Å². The fraction of sp³-hybridized carbons (Fsp3) is 0.364. The third-order valence-electron chi connectivity index (χ3n) is 5.89. The molecule has 1 unspecified atom stereocenters. The summed E-state index contributed by atoms with van der Waals surface area (Å²) in [6.45, 7) is 6.36. The number of aromatic nitrogens is 2. The monoisotopic (exact) mass is 463 g/mol. The Labute approximate surface area is 188 Å².